The molecule has 27 heavy (non-hydrogen) atoms. The van der Waals surface area contributed by atoms with Crippen LogP contribution in [0.25, 0.3) is 0 Å². The number of phenols is 1. The first-order chi connectivity index (χ1) is 12.9. The zero-order valence-corrected chi connectivity index (χ0v) is 18.7. The molecule has 1 nitrogen and oxygen atoms in total. The fourth-order valence-electron chi connectivity index (χ4n) is 4.78. The molecule has 0 spiro atoms. The Bertz CT molecular complexity index is 587. The first kappa shape index (κ1) is 21.1. The summed E-state index contributed by atoms with van der Waals surface area (Å²) in [7, 11) is 0. The molecule has 2 aliphatic rings. The van der Waals surface area contributed by atoms with E-state index in [0.29, 0.717) is 11.7 Å². The number of hydrogen-bond donors (Lipinski definition) is 1. The lowest BCUT2D eigenvalue weighted by atomic mass is 9.79. The molecule has 1 N–H and O–H groups in total. The fraction of sp³-hybridized carbons (Fsp3) is 0.760. The largest absolute Gasteiger partial charge is 0.507 e. The van der Waals surface area contributed by atoms with Crippen molar-refractivity contribution < 1.29 is 5.11 Å². The molecule has 1 aromatic carbocycles. The Hall–Kier alpha value is -0.630. The van der Waals surface area contributed by atoms with E-state index in [1.54, 1.807) is 0 Å². The molecule has 2 saturated carbocycles. The zero-order chi connectivity index (χ0) is 19.3. The minimum atomic E-state index is 0.136. The third-order valence-electron chi connectivity index (χ3n) is 6.66. The van der Waals surface area contributed by atoms with E-state index in [1.165, 1.54) is 93.7 Å². The van der Waals surface area contributed by atoms with Gasteiger partial charge in [0, 0.05) is 16.6 Å². The zero-order valence-electron chi connectivity index (χ0n) is 17.9. The van der Waals surface area contributed by atoms with Gasteiger partial charge in [-0.05, 0) is 48.1 Å². The van der Waals surface area contributed by atoms with Crippen molar-refractivity contribution in [2.45, 2.75) is 120 Å². The van der Waals surface area contributed by atoms with Crippen molar-refractivity contribution in [2.24, 2.45) is 0 Å². The van der Waals surface area contributed by atoms with Crippen LogP contribution in [0.4, 0.5) is 0 Å². The van der Waals surface area contributed by atoms with Gasteiger partial charge in [-0.1, -0.05) is 84.3 Å². The summed E-state index contributed by atoms with van der Waals surface area (Å²) in [6, 6.07) is 4.63. The molecular formula is C25H40OS. The fourth-order valence-corrected chi connectivity index (χ4v) is 6.08. The lowest BCUT2D eigenvalue weighted by Crippen LogP contribution is -2.14. The molecule has 0 unspecified atom stereocenters. The van der Waals surface area contributed by atoms with Gasteiger partial charge in [0.2, 0.25) is 0 Å². The molecule has 0 heterocycles. The van der Waals surface area contributed by atoms with Gasteiger partial charge < -0.3 is 5.11 Å². The van der Waals surface area contributed by atoms with Crippen LogP contribution in [-0.4, -0.2) is 10.4 Å². The lowest BCUT2D eigenvalue weighted by Gasteiger charge is -2.28. The first-order valence-electron chi connectivity index (χ1n) is 11.4. The van der Waals surface area contributed by atoms with Crippen LogP contribution < -0.4 is 0 Å². The number of hydrogen-bond acceptors (Lipinski definition) is 2. The highest BCUT2D eigenvalue weighted by Gasteiger charge is 2.25. The van der Waals surface area contributed by atoms with E-state index in [-0.39, 0.29) is 5.41 Å². The Morgan fingerprint density at radius 3 is 2.04 bits per heavy atom. The number of phenolic OH excluding ortho intramolecular Hbond substituents is 1. The van der Waals surface area contributed by atoms with Gasteiger partial charge in [0.05, 0.1) is 0 Å². The highest BCUT2D eigenvalue weighted by Crippen LogP contribution is 2.42. The van der Waals surface area contributed by atoms with Crippen LogP contribution in [-0.2, 0) is 11.2 Å². The molecule has 2 aliphatic carbocycles. The van der Waals surface area contributed by atoms with E-state index in [4.69, 9.17) is 0 Å². The molecule has 3 rings (SSSR count). The molecule has 0 aromatic heterocycles. The second-order valence-corrected chi connectivity index (χ2v) is 11.2. The van der Waals surface area contributed by atoms with Crippen LogP contribution in [0.15, 0.2) is 12.1 Å². The molecule has 0 amide bonds. The van der Waals surface area contributed by atoms with E-state index in [1.807, 2.05) is 0 Å². The van der Waals surface area contributed by atoms with Gasteiger partial charge in [0.25, 0.3) is 0 Å². The topological polar surface area (TPSA) is 20.2 Å². The third-order valence-corrected chi connectivity index (χ3v) is 8.08. The number of aromatic hydroxyl groups is 1. The molecule has 0 aliphatic heterocycles. The number of rotatable bonds is 4. The van der Waals surface area contributed by atoms with Crippen LogP contribution in [0, 0.1) is 0 Å². The summed E-state index contributed by atoms with van der Waals surface area (Å²) < 4.78 is 0. The molecule has 2 fully saturated rings. The summed E-state index contributed by atoms with van der Waals surface area (Å²) in [6.07, 6.45) is 16.2. The minimum absolute atomic E-state index is 0.136. The number of benzene rings is 1. The lowest BCUT2D eigenvalue weighted by molar-refractivity contribution is 0.411. The molecule has 0 atom stereocenters. The SMILES string of the molecule is CC(C)(C)c1cc(CSC2CCCCCCC2)c(O)c(C2CCCCC2)c1. The molecule has 152 valence electrons. The Labute approximate surface area is 171 Å². The molecule has 0 radical (unpaired) electrons. The normalized spacial score (nSPS) is 21.0. The summed E-state index contributed by atoms with van der Waals surface area (Å²) >= 11 is 2.10. The maximum atomic E-state index is 11.1. The summed E-state index contributed by atoms with van der Waals surface area (Å²) in [5.41, 5.74) is 3.97. The predicted octanol–water partition coefficient (Wildman–Crippen LogP) is 8.08. The van der Waals surface area contributed by atoms with Crippen LogP contribution in [0.1, 0.15) is 120 Å². The van der Waals surface area contributed by atoms with Crippen molar-refractivity contribution >= 4 is 11.8 Å². The van der Waals surface area contributed by atoms with E-state index in [0.717, 1.165) is 11.0 Å². The highest BCUT2D eigenvalue weighted by atomic mass is 32.2. The van der Waals surface area contributed by atoms with Crippen molar-refractivity contribution in [1.82, 2.24) is 0 Å². The summed E-state index contributed by atoms with van der Waals surface area (Å²) in [6.45, 7) is 6.90. The van der Waals surface area contributed by atoms with Gasteiger partial charge in [0.15, 0.2) is 0 Å². The quantitative estimate of drug-likeness (QED) is 0.562. The molecule has 2 heteroatoms. The van der Waals surface area contributed by atoms with Crippen molar-refractivity contribution in [3.63, 3.8) is 0 Å². The van der Waals surface area contributed by atoms with Gasteiger partial charge in [0.1, 0.15) is 5.75 Å². The van der Waals surface area contributed by atoms with E-state index in [9.17, 15) is 5.11 Å². The van der Waals surface area contributed by atoms with Crippen molar-refractivity contribution in [1.29, 1.82) is 0 Å². The second-order valence-electron chi connectivity index (χ2n) is 9.94. The van der Waals surface area contributed by atoms with Crippen LogP contribution in [0.5, 0.6) is 5.75 Å². The minimum Gasteiger partial charge on any atom is -0.507 e. The number of thioether (sulfide) groups is 1. The maximum absolute atomic E-state index is 11.1. The van der Waals surface area contributed by atoms with E-state index in [2.05, 4.69) is 44.7 Å². The summed E-state index contributed by atoms with van der Waals surface area (Å²) in [4.78, 5) is 0. The maximum Gasteiger partial charge on any atom is 0.123 e. The third kappa shape index (κ3) is 5.92. The van der Waals surface area contributed by atoms with Gasteiger partial charge in [-0.25, -0.2) is 0 Å². The standard InChI is InChI=1S/C25H40OS/c1-25(2,3)21-16-20(18-27-22-14-10-5-4-6-11-15-22)24(26)23(17-21)19-12-8-7-9-13-19/h16-17,19,22,26H,4-15,18H2,1-3H3. The Balaban J connectivity index is 1.79. The monoisotopic (exact) mass is 388 g/mol. The molecular weight excluding hydrogens is 348 g/mol. The van der Waals surface area contributed by atoms with E-state index >= 15 is 0 Å². The van der Waals surface area contributed by atoms with Gasteiger partial charge in [-0.2, -0.15) is 11.8 Å². The second kappa shape index (κ2) is 9.72. The Morgan fingerprint density at radius 2 is 1.41 bits per heavy atom. The smallest absolute Gasteiger partial charge is 0.123 e. The van der Waals surface area contributed by atoms with Crippen molar-refractivity contribution in [3.8, 4) is 5.75 Å². The predicted molar refractivity (Wildman–Crippen MR) is 120 cm³/mol. The van der Waals surface area contributed by atoms with Crippen LogP contribution >= 0.6 is 11.8 Å². The van der Waals surface area contributed by atoms with Crippen LogP contribution in [0.2, 0.25) is 0 Å². The molecule has 0 bridgehead atoms. The van der Waals surface area contributed by atoms with E-state index < -0.39 is 0 Å². The average Bonchev–Trinajstić information content (AvgIpc) is 2.61. The van der Waals surface area contributed by atoms with Crippen molar-refractivity contribution in [3.05, 3.63) is 28.8 Å². The van der Waals surface area contributed by atoms with Gasteiger partial charge in [-0.15, -0.1) is 0 Å². The van der Waals surface area contributed by atoms with Gasteiger partial charge in [-0.3, -0.25) is 0 Å². The molecule has 0 saturated heterocycles. The summed E-state index contributed by atoms with van der Waals surface area (Å²) in [5, 5.41) is 11.9. The average molecular weight is 389 g/mol. The van der Waals surface area contributed by atoms with Crippen LogP contribution in [0.3, 0.4) is 0 Å². The first-order valence-corrected chi connectivity index (χ1v) is 12.5. The Kier molecular flexibility index (Phi) is 7.59. The highest BCUT2D eigenvalue weighted by molar-refractivity contribution is 7.99. The molecule has 1 aromatic rings. The van der Waals surface area contributed by atoms with Crippen molar-refractivity contribution in [2.75, 3.05) is 0 Å². The van der Waals surface area contributed by atoms with Gasteiger partial charge >= 0.3 is 0 Å². The Morgan fingerprint density at radius 1 is 0.852 bits per heavy atom. The summed E-state index contributed by atoms with van der Waals surface area (Å²) in [5.74, 6) is 2.15.